The van der Waals surface area contributed by atoms with Crippen molar-refractivity contribution in [1.29, 1.82) is 0 Å². The summed E-state index contributed by atoms with van der Waals surface area (Å²) < 4.78 is 1.27. The van der Waals surface area contributed by atoms with Crippen LogP contribution in [-0.2, 0) is 11.8 Å². The van der Waals surface area contributed by atoms with E-state index in [-0.39, 0.29) is 5.41 Å². The largest absolute Gasteiger partial charge is 0.330 e. The molecular formula is C14H18ClNS. The highest BCUT2D eigenvalue weighted by Crippen LogP contribution is 2.37. The van der Waals surface area contributed by atoms with Gasteiger partial charge in [-0.25, -0.2) is 0 Å². The summed E-state index contributed by atoms with van der Waals surface area (Å²) >= 11 is 8.12. The first kappa shape index (κ1) is 12.9. The summed E-state index contributed by atoms with van der Waals surface area (Å²) in [6.45, 7) is 7.33. The fraction of sp³-hybridized carbons (Fsp3) is 0.429. The van der Waals surface area contributed by atoms with Gasteiger partial charge in [0.1, 0.15) is 0 Å². The molecule has 0 amide bonds. The van der Waals surface area contributed by atoms with Crippen molar-refractivity contribution in [3.63, 3.8) is 0 Å². The lowest BCUT2D eigenvalue weighted by atomic mass is 9.87. The van der Waals surface area contributed by atoms with Crippen molar-refractivity contribution in [3.8, 4) is 0 Å². The van der Waals surface area contributed by atoms with Gasteiger partial charge in [0.15, 0.2) is 0 Å². The molecule has 0 unspecified atom stereocenters. The highest BCUT2D eigenvalue weighted by atomic mass is 35.5. The number of rotatable bonds is 2. The molecule has 0 saturated heterocycles. The zero-order chi connectivity index (χ0) is 12.6. The third-order valence-electron chi connectivity index (χ3n) is 2.93. The second kappa shape index (κ2) is 4.60. The number of benzene rings is 1. The number of halogens is 1. The van der Waals surface area contributed by atoms with Crippen molar-refractivity contribution in [2.45, 2.75) is 32.6 Å². The van der Waals surface area contributed by atoms with Gasteiger partial charge in [-0.15, -0.1) is 11.3 Å². The van der Waals surface area contributed by atoms with Gasteiger partial charge < -0.3 is 5.73 Å². The van der Waals surface area contributed by atoms with Crippen LogP contribution < -0.4 is 5.73 Å². The molecule has 0 bridgehead atoms. The minimum absolute atomic E-state index is 0.179. The molecule has 0 aliphatic carbocycles. The number of nitrogens with two attached hydrogens (primary N) is 1. The number of hydrogen-bond donors (Lipinski definition) is 1. The molecule has 0 aliphatic rings. The Morgan fingerprint density at radius 3 is 2.59 bits per heavy atom. The Kier molecular flexibility index (Phi) is 3.48. The predicted molar refractivity (Wildman–Crippen MR) is 78.3 cm³/mol. The molecule has 0 spiro atoms. The summed E-state index contributed by atoms with van der Waals surface area (Å²) in [6, 6.07) is 6.56. The van der Waals surface area contributed by atoms with E-state index in [0.717, 1.165) is 16.8 Å². The molecule has 0 fully saturated rings. The van der Waals surface area contributed by atoms with Crippen molar-refractivity contribution < 1.29 is 0 Å². The summed E-state index contributed by atoms with van der Waals surface area (Å²) in [7, 11) is 0. The lowest BCUT2D eigenvalue weighted by Gasteiger charge is -2.18. The van der Waals surface area contributed by atoms with Crippen LogP contribution >= 0.6 is 22.9 Å². The molecule has 2 N–H and O–H groups in total. The van der Waals surface area contributed by atoms with Gasteiger partial charge >= 0.3 is 0 Å². The zero-order valence-corrected chi connectivity index (χ0v) is 12.1. The molecule has 1 nitrogen and oxygen atoms in total. The van der Waals surface area contributed by atoms with Gasteiger partial charge in [0.2, 0.25) is 0 Å². The van der Waals surface area contributed by atoms with E-state index in [1.807, 2.05) is 0 Å². The van der Waals surface area contributed by atoms with Crippen molar-refractivity contribution in [2.24, 2.45) is 5.73 Å². The summed E-state index contributed by atoms with van der Waals surface area (Å²) in [5, 5.41) is 2.05. The molecule has 1 heterocycles. The third-order valence-corrected chi connectivity index (χ3v) is 4.69. The Bertz CT molecular complexity index is 537. The molecule has 0 radical (unpaired) electrons. The Morgan fingerprint density at radius 2 is 2.00 bits per heavy atom. The summed E-state index contributed by atoms with van der Waals surface area (Å²) in [5.74, 6) is 0. The molecule has 0 saturated carbocycles. The van der Waals surface area contributed by atoms with E-state index in [2.05, 4.69) is 39.0 Å². The molecular weight excluding hydrogens is 250 g/mol. The minimum Gasteiger partial charge on any atom is -0.330 e. The average molecular weight is 268 g/mol. The normalized spacial score (nSPS) is 12.3. The summed E-state index contributed by atoms with van der Waals surface area (Å²) in [4.78, 5) is 1.20. The molecule has 3 heteroatoms. The van der Waals surface area contributed by atoms with E-state index < -0.39 is 0 Å². The van der Waals surface area contributed by atoms with E-state index in [0.29, 0.717) is 6.54 Å². The lowest BCUT2D eigenvalue weighted by Crippen LogP contribution is -2.10. The quantitative estimate of drug-likeness (QED) is 0.860. The first-order valence-corrected chi connectivity index (χ1v) is 7.04. The van der Waals surface area contributed by atoms with Gasteiger partial charge in [-0.3, -0.25) is 0 Å². The van der Waals surface area contributed by atoms with E-state index in [4.69, 9.17) is 17.3 Å². The van der Waals surface area contributed by atoms with Gasteiger partial charge in [0, 0.05) is 15.0 Å². The Hall–Kier alpha value is -0.570. The number of thiophene rings is 1. The average Bonchev–Trinajstić information content (AvgIpc) is 2.55. The smallest absolute Gasteiger partial charge is 0.0624 e. The Labute approximate surface area is 112 Å². The fourth-order valence-electron chi connectivity index (χ4n) is 1.87. The first-order valence-electron chi connectivity index (χ1n) is 5.85. The van der Waals surface area contributed by atoms with E-state index in [9.17, 15) is 0 Å². The summed E-state index contributed by atoms with van der Waals surface area (Å²) in [5.41, 5.74) is 7.13. The molecule has 17 heavy (non-hydrogen) atoms. The van der Waals surface area contributed by atoms with E-state index in [1.54, 1.807) is 11.3 Å². The van der Waals surface area contributed by atoms with Crippen LogP contribution in [0.2, 0.25) is 5.02 Å². The molecule has 2 rings (SSSR count). The minimum atomic E-state index is 0.179. The monoisotopic (exact) mass is 267 g/mol. The fourth-order valence-corrected chi connectivity index (χ4v) is 3.46. The molecule has 92 valence electrons. The van der Waals surface area contributed by atoms with Crippen LogP contribution in [0.5, 0.6) is 0 Å². The highest BCUT2D eigenvalue weighted by molar-refractivity contribution is 7.19. The van der Waals surface area contributed by atoms with Crippen LogP contribution in [-0.4, -0.2) is 6.54 Å². The van der Waals surface area contributed by atoms with Gasteiger partial charge in [0.25, 0.3) is 0 Å². The predicted octanol–water partition coefficient (Wildman–Crippen LogP) is 4.35. The SMILES string of the molecule is CC(C)(C)c1ccc2c(Cl)c(CCN)sc2c1. The summed E-state index contributed by atoms with van der Waals surface area (Å²) in [6.07, 6.45) is 0.864. The van der Waals surface area contributed by atoms with E-state index >= 15 is 0 Å². The van der Waals surface area contributed by atoms with Crippen LogP contribution in [0.4, 0.5) is 0 Å². The standard InChI is InChI=1S/C14H18ClNS/c1-14(2,3)9-4-5-10-12(8-9)17-11(6-7-16)13(10)15/h4-5,8H,6-7,16H2,1-3H3. The van der Waals surface area contributed by atoms with Gasteiger partial charge in [-0.1, -0.05) is 44.5 Å². The third kappa shape index (κ3) is 2.49. The van der Waals surface area contributed by atoms with Crippen molar-refractivity contribution in [2.75, 3.05) is 6.54 Å². The van der Waals surface area contributed by atoms with Gasteiger partial charge in [-0.2, -0.15) is 0 Å². The van der Waals surface area contributed by atoms with Gasteiger partial charge in [-0.05, 0) is 30.0 Å². The van der Waals surface area contributed by atoms with Crippen LogP contribution in [0.1, 0.15) is 31.2 Å². The first-order chi connectivity index (χ1) is 7.93. The molecule has 0 atom stereocenters. The molecule has 2 aromatic rings. The number of fused-ring (bicyclic) bond motifs is 1. The maximum atomic E-state index is 6.36. The number of hydrogen-bond acceptors (Lipinski definition) is 2. The highest BCUT2D eigenvalue weighted by Gasteiger charge is 2.16. The second-order valence-corrected chi connectivity index (χ2v) is 6.85. The topological polar surface area (TPSA) is 26.0 Å². The van der Waals surface area contributed by atoms with Crippen molar-refractivity contribution >= 4 is 33.0 Å². The Morgan fingerprint density at radius 1 is 1.29 bits per heavy atom. The van der Waals surface area contributed by atoms with Crippen LogP contribution in [0.3, 0.4) is 0 Å². The molecule has 1 aromatic heterocycles. The van der Waals surface area contributed by atoms with Crippen molar-refractivity contribution in [1.82, 2.24) is 0 Å². The lowest BCUT2D eigenvalue weighted by molar-refractivity contribution is 0.591. The van der Waals surface area contributed by atoms with Crippen LogP contribution in [0.15, 0.2) is 18.2 Å². The maximum Gasteiger partial charge on any atom is 0.0624 e. The van der Waals surface area contributed by atoms with Crippen molar-refractivity contribution in [3.05, 3.63) is 33.7 Å². The Balaban J connectivity index is 2.56. The van der Waals surface area contributed by atoms with Crippen LogP contribution in [0, 0.1) is 0 Å². The maximum absolute atomic E-state index is 6.36. The van der Waals surface area contributed by atoms with Gasteiger partial charge in [0.05, 0.1) is 5.02 Å². The zero-order valence-electron chi connectivity index (χ0n) is 10.5. The van der Waals surface area contributed by atoms with Crippen LogP contribution in [0.25, 0.3) is 10.1 Å². The molecule has 0 aliphatic heterocycles. The second-order valence-electron chi connectivity index (χ2n) is 5.34. The van der Waals surface area contributed by atoms with E-state index in [1.165, 1.54) is 15.1 Å². The molecule has 1 aromatic carbocycles.